The third kappa shape index (κ3) is 3.08. The lowest BCUT2D eigenvalue weighted by molar-refractivity contribution is 0.269. The Kier molecular flexibility index (Phi) is 4.17. The molecule has 0 radical (unpaired) electrons. The quantitative estimate of drug-likeness (QED) is 0.829. The number of rotatable bonds is 6. The van der Waals surface area contributed by atoms with E-state index in [9.17, 15) is 0 Å². The van der Waals surface area contributed by atoms with Crippen LogP contribution in [0.4, 0.5) is 5.69 Å². The van der Waals surface area contributed by atoms with Crippen LogP contribution in [-0.2, 0) is 6.54 Å². The van der Waals surface area contributed by atoms with E-state index < -0.39 is 0 Å². The van der Waals surface area contributed by atoms with Crippen LogP contribution in [0.3, 0.4) is 0 Å². The van der Waals surface area contributed by atoms with Gasteiger partial charge in [0.2, 0.25) is 0 Å². The fourth-order valence-electron chi connectivity index (χ4n) is 1.73. The zero-order chi connectivity index (χ0) is 12.1. The maximum atomic E-state index is 8.83. The molecule has 1 unspecified atom stereocenters. The molecular formula is C12H17N3OS. The number of aliphatic hydroxyl groups excluding tert-OH is 1. The molecule has 0 aromatic carbocycles. The first kappa shape index (κ1) is 12.1. The lowest BCUT2D eigenvalue weighted by Gasteiger charge is -2.14. The van der Waals surface area contributed by atoms with Gasteiger partial charge >= 0.3 is 0 Å². The number of nitrogens with zero attached hydrogens (tertiary/aromatic N) is 2. The van der Waals surface area contributed by atoms with E-state index >= 15 is 0 Å². The van der Waals surface area contributed by atoms with Gasteiger partial charge in [0.05, 0.1) is 31.1 Å². The molecule has 1 atom stereocenters. The van der Waals surface area contributed by atoms with Gasteiger partial charge in [0, 0.05) is 11.1 Å². The Morgan fingerprint density at radius 3 is 3.12 bits per heavy atom. The highest BCUT2D eigenvalue weighted by Gasteiger charge is 2.10. The highest BCUT2D eigenvalue weighted by Crippen LogP contribution is 2.25. The minimum absolute atomic E-state index is 0.114. The van der Waals surface area contributed by atoms with E-state index in [1.165, 1.54) is 4.88 Å². The summed E-state index contributed by atoms with van der Waals surface area (Å²) in [6.07, 6.45) is 4.75. The van der Waals surface area contributed by atoms with Crippen LogP contribution in [0.2, 0.25) is 0 Å². The molecule has 4 nitrogen and oxygen atoms in total. The minimum atomic E-state index is 0.114. The van der Waals surface area contributed by atoms with Gasteiger partial charge in [-0.25, -0.2) is 0 Å². The van der Waals surface area contributed by atoms with Gasteiger partial charge in [-0.3, -0.25) is 4.68 Å². The van der Waals surface area contributed by atoms with Crippen LogP contribution in [0, 0.1) is 0 Å². The molecule has 2 rings (SSSR count). The van der Waals surface area contributed by atoms with Crippen LogP contribution >= 0.6 is 11.3 Å². The van der Waals surface area contributed by atoms with Crippen LogP contribution in [0.15, 0.2) is 29.9 Å². The molecule has 0 saturated heterocycles. The molecular weight excluding hydrogens is 234 g/mol. The van der Waals surface area contributed by atoms with Gasteiger partial charge in [0.1, 0.15) is 0 Å². The standard InChI is InChI=1S/C12H17N3OS/c1-2-11(12-4-3-7-17-12)14-10-8-13-15(9-10)5-6-16/h3-4,7-9,11,14,16H,2,5-6H2,1H3. The van der Waals surface area contributed by atoms with Crippen LogP contribution in [-0.4, -0.2) is 21.5 Å². The third-order valence-corrected chi connectivity index (χ3v) is 3.58. The second-order valence-corrected chi connectivity index (χ2v) is 4.82. The number of thiophene rings is 1. The lowest BCUT2D eigenvalue weighted by atomic mass is 10.2. The lowest BCUT2D eigenvalue weighted by Crippen LogP contribution is -2.07. The van der Waals surface area contributed by atoms with E-state index in [2.05, 4.69) is 34.9 Å². The number of hydrogen-bond acceptors (Lipinski definition) is 4. The molecule has 5 heteroatoms. The fraction of sp³-hybridized carbons (Fsp3) is 0.417. The predicted molar refractivity (Wildman–Crippen MR) is 70.3 cm³/mol. The number of anilines is 1. The highest BCUT2D eigenvalue weighted by molar-refractivity contribution is 7.10. The van der Waals surface area contributed by atoms with Crippen molar-refractivity contribution in [3.8, 4) is 0 Å². The summed E-state index contributed by atoms with van der Waals surface area (Å²) in [5.41, 5.74) is 0.999. The number of aliphatic hydroxyl groups is 1. The summed E-state index contributed by atoms with van der Waals surface area (Å²) in [6.45, 7) is 2.82. The van der Waals surface area contributed by atoms with Crippen molar-refractivity contribution >= 4 is 17.0 Å². The average molecular weight is 251 g/mol. The fourth-order valence-corrected chi connectivity index (χ4v) is 2.59. The summed E-state index contributed by atoms with van der Waals surface area (Å²) in [6, 6.07) is 4.55. The molecule has 2 aromatic heterocycles. The smallest absolute Gasteiger partial charge is 0.0731 e. The van der Waals surface area contributed by atoms with E-state index in [0.717, 1.165) is 12.1 Å². The van der Waals surface area contributed by atoms with E-state index in [4.69, 9.17) is 5.11 Å². The van der Waals surface area contributed by atoms with Crippen molar-refractivity contribution in [3.05, 3.63) is 34.8 Å². The second kappa shape index (κ2) is 5.84. The largest absolute Gasteiger partial charge is 0.394 e. The molecule has 0 spiro atoms. The SMILES string of the molecule is CCC(Nc1cnn(CCO)c1)c1cccs1. The molecule has 0 amide bonds. The molecule has 2 heterocycles. The summed E-state index contributed by atoms with van der Waals surface area (Å²) in [5.74, 6) is 0. The topological polar surface area (TPSA) is 50.1 Å². The average Bonchev–Trinajstić information content (AvgIpc) is 2.97. The van der Waals surface area contributed by atoms with Gasteiger partial charge in [-0.15, -0.1) is 11.3 Å². The van der Waals surface area contributed by atoms with Crippen molar-refractivity contribution < 1.29 is 5.11 Å². The van der Waals surface area contributed by atoms with E-state index in [-0.39, 0.29) is 6.61 Å². The van der Waals surface area contributed by atoms with Crippen LogP contribution in [0.25, 0.3) is 0 Å². The third-order valence-electron chi connectivity index (χ3n) is 2.60. The summed E-state index contributed by atoms with van der Waals surface area (Å²) < 4.78 is 1.74. The van der Waals surface area contributed by atoms with Crippen molar-refractivity contribution in [2.24, 2.45) is 0 Å². The molecule has 92 valence electrons. The van der Waals surface area contributed by atoms with Gasteiger partial charge in [-0.1, -0.05) is 13.0 Å². The van der Waals surface area contributed by atoms with Gasteiger partial charge in [0.15, 0.2) is 0 Å². The Balaban J connectivity index is 2.02. The maximum Gasteiger partial charge on any atom is 0.0731 e. The zero-order valence-electron chi connectivity index (χ0n) is 9.84. The molecule has 0 bridgehead atoms. The Bertz CT molecular complexity index is 438. The summed E-state index contributed by atoms with van der Waals surface area (Å²) in [7, 11) is 0. The molecule has 2 aromatic rings. The molecule has 0 aliphatic heterocycles. The van der Waals surface area contributed by atoms with Crippen molar-refractivity contribution in [2.75, 3.05) is 11.9 Å². The molecule has 17 heavy (non-hydrogen) atoms. The first-order chi connectivity index (χ1) is 8.33. The molecule has 0 fully saturated rings. The number of nitrogens with one attached hydrogen (secondary N) is 1. The van der Waals surface area contributed by atoms with Crippen LogP contribution in [0.1, 0.15) is 24.3 Å². The number of aromatic nitrogens is 2. The Hall–Kier alpha value is -1.33. The molecule has 2 N–H and O–H groups in total. The highest BCUT2D eigenvalue weighted by atomic mass is 32.1. The van der Waals surface area contributed by atoms with Crippen molar-refractivity contribution in [1.29, 1.82) is 0 Å². The van der Waals surface area contributed by atoms with Crippen molar-refractivity contribution in [2.45, 2.75) is 25.9 Å². The van der Waals surface area contributed by atoms with Crippen LogP contribution in [0.5, 0.6) is 0 Å². The predicted octanol–water partition coefficient (Wildman–Crippen LogP) is 2.50. The zero-order valence-corrected chi connectivity index (χ0v) is 10.7. The van der Waals surface area contributed by atoms with Gasteiger partial charge in [0.25, 0.3) is 0 Å². The van der Waals surface area contributed by atoms with Crippen molar-refractivity contribution in [1.82, 2.24) is 9.78 Å². The second-order valence-electron chi connectivity index (χ2n) is 3.84. The van der Waals surface area contributed by atoms with Crippen LogP contribution < -0.4 is 5.32 Å². The minimum Gasteiger partial charge on any atom is -0.394 e. The first-order valence-corrected chi connectivity index (χ1v) is 6.64. The summed E-state index contributed by atoms with van der Waals surface area (Å²) in [4.78, 5) is 1.34. The van der Waals surface area contributed by atoms with Crippen molar-refractivity contribution in [3.63, 3.8) is 0 Å². The Morgan fingerprint density at radius 1 is 1.59 bits per heavy atom. The first-order valence-electron chi connectivity index (χ1n) is 5.76. The monoisotopic (exact) mass is 251 g/mol. The van der Waals surface area contributed by atoms with E-state index in [1.54, 1.807) is 22.2 Å². The molecule has 0 saturated carbocycles. The van der Waals surface area contributed by atoms with Gasteiger partial charge < -0.3 is 10.4 Å². The summed E-state index contributed by atoms with van der Waals surface area (Å²) in [5, 5.41) is 18.5. The van der Waals surface area contributed by atoms with Gasteiger partial charge in [-0.2, -0.15) is 5.10 Å². The Morgan fingerprint density at radius 2 is 2.47 bits per heavy atom. The Labute approximate surface area is 105 Å². The molecule has 0 aliphatic rings. The maximum absolute atomic E-state index is 8.83. The van der Waals surface area contributed by atoms with E-state index in [0.29, 0.717) is 12.6 Å². The van der Waals surface area contributed by atoms with E-state index in [1.807, 2.05) is 6.20 Å². The van der Waals surface area contributed by atoms with Gasteiger partial charge in [-0.05, 0) is 17.9 Å². The number of hydrogen-bond donors (Lipinski definition) is 2. The molecule has 0 aliphatic carbocycles. The normalized spacial score (nSPS) is 12.6. The summed E-state index contributed by atoms with van der Waals surface area (Å²) >= 11 is 1.76.